The summed E-state index contributed by atoms with van der Waals surface area (Å²) in [6.07, 6.45) is -3.30. The Hall–Kier alpha value is -1.27. The van der Waals surface area contributed by atoms with Crippen molar-refractivity contribution < 1.29 is 22.8 Å². The molecule has 0 aliphatic carbocycles. The number of carbonyl (C=O) groups excluding carboxylic acids is 2. The average molecular weight is 240 g/mol. The minimum absolute atomic E-state index is 0.147. The third-order valence-electron chi connectivity index (χ3n) is 1.75. The fourth-order valence-corrected chi connectivity index (χ4v) is 0.883. The lowest BCUT2D eigenvalue weighted by atomic mass is 10.3. The van der Waals surface area contributed by atoms with Crippen LogP contribution in [0.15, 0.2) is 0 Å². The lowest BCUT2D eigenvalue weighted by Crippen LogP contribution is -2.38. The molecule has 0 bridgehead atoms. The monoisotopic (exact) mass is 240 g/mol. The number of hydrogen-bond donors (Lipinski definition) is 2. The Bertz CT molecular complexity index is 241. The van der Waals surface area contributed by atoms with Gasteiger partial charge in [-0.05, 0) is 6.42 Å². The van der Waals surface area contributed by atoms with Crippen LogP contribution in [0.4, 0.5) is 13.2 Å². The fraction of sp³-hybridized carbons (Fsp3) is 0.778. The number of rotatable bonds is 6. The molecule has 7 heteroatoms. The topological polar surface area (TPSA) is 58.2 Å². The van der Waals surface area contributed by atoms with E-state index in [-0.39, 0.29) is 18.9 Å². The molecule has 0 spiro atoms. The van der Waals surface area contributed by atoms with Crippen LogP contribution in [0.5, 0.6) is 0 Å². The molecule has 0 atom stereocenters. The maximum absolute atomic E-state index is 11.7. The van der Waals surface area contributed by atoms with Gasteiger partial charge in [0.15, 0.2) is 0 Å². The van der Waals surface area contributed by atoms with E-state index in [4.69, 9.17) is 0 Å². The van der Waals surface area contributed by atoms with Crippen LogP contribution in [-0.2, 0) is 9.59 Å². The largest absolute Gasteiger partial charge is 0.471 e. The van der Waals surface area contributed by atoms with Crippen molar-refractivity contribution in [2.24, 2.45) is 0 Å². The highest BCUT2D eigenvalue weighted by molar-refractivity contribution is 5.82. The molecule has 2 N–H and O–H groups in total. The number of alkyl halides is 3. The molecule has 16 heavy (non-hydrogen) atoms. The number of nitrogens with one attached hydrogen (secondary N) is 2. The van der Waals surface area contributed by atoms with E-state index in [0.717, 1.165) is 12.8 Å². The van der Waals surface area contributed by atoms with Crippen LogP contribution in [0, 0.1) is 0 Å². The molecular formula is C9H15F3N2O2. The SMILES string of the molecule is CCCCNC(=O)CCNC(=O)C(F)(F)F. The van der Waals surface area contributed by atoms with E-state index >= 15 is 0 Å². The summed E-state index contributed by atoms with van der Waals surface area (Å²) in [5.41, 5.74) is 0. The minimum atomic E-state index is -4.89. The summed E-state index contributed by atoms with van der Waals surface area (Å²) in [5, 5.41) is 4.14. The molecule has 0 unspecified atom stereocenters. The van der Waals surface area contributed by atoms with E-state index in [9.17, 15) is 22.8 Å². The van der Waals surface area contributed by atoms with Gasteiger partial charge in [0.25, 0.3) is 0 Å². The van der Waals surface area contributed by atoms with E-state index in [1.54, 1.807) is 5.32 Å². The highest BCUT2D eigenvalue weighted by Crippen LogP contribution is 2.13. The van der Waals surface area contributed by atoms with Crippen LogP contribution >= 0.6 is 0 Å². The van der Waals surface area contributed by atoms with Crippen molar-refractivity contribution >= 4 is 11.8 Å². The molecule has 0 rings (SSSR count). The zero-order valence-electron chi connectivity index (χ0n) is 8.99. The second kappa shape index (κ2) is 7.08. The second-order valence-electron chi connectivity index (χ2n) is 3.21. The predicted molar refractivity (Wildman–Crippen MR) is 51.6 cm³/mol. The Kier molecular flexibility index (Phi) is 6.52. The number of unbranched alkanes of at least 4 members (excludes halogenated alkanes) is 1. The van der Waals surface area contributed by atoms with Crippen molar-refractivity contribution in [3.05, 3.63) is 0 Å². The van der Waals surface area contributed by atoms with E-state index in [2.05, 4.69) is 5.32 Å². The molecule has 0 radical (unpaired) electrons. The molecular weight excluding hydrogens is 225 g/mol. The maximum Gasteiger partial charge on any atom is 0.471 e. The summed E-state index contributed by atoms with van der Waals surface area (Å²) in [5.74, 6) is -2.38. The lowest BCUT2D eigenvalue weighted by molar-refractivity contribution is -0.173. The first-order chi connectivity index (χ1) is 7.38. The first kappa shape index (κ1) is 14.7. The van der Waals surface area contributed by atoms with Gasteiger partial charge in [-0.3, -0.25) is 9.59 Å². The molecule has 0 fully saturated rings. The molecule has 0 aromatic rings. The molecule has 0 aromatic heterocycles. The van der Waals surface area contributed by atoms with Crippen molar-refractivity contribution in [2.45, 2.75) is 32.4 Å². The van der Waals surface area contributed by atoms with Crippen molar-refractivity contribution in [2.75, 3.05) is 13.1 Å². The molecule has 0 saturated carbocycles. The quantitative estimate of drug-likeness (QED) is 0.680. The van der Waals surface area contributed by atoms with Crippen molar-refractivity contribution in [1.82, 2.24) is 10.6 Å². The van der Waals surface area contributed by atoms with Gasteiger partial charge >= 0.3 is 12.1 Å². The van der Waals surface area contributed by atoms with Crippen LogP contribution in [0.25, 0.3) is 0 Å². The van der Waals surface area contributed by atoms with Gasteiger partial charge in [0.1, 0.15) is 0 Å². The van der Waals surface area contributed by atoms with Crippen LogP contribution < -0.4 is 10.6 Å². The van der Waals surface area contributed by atoms with E-state index in [1.807, 2.05) is 6.92 Å². The van der Waals surface area contributed by atoms with Gasteiger partial charge in [0.05, 0.1) is 0 Å². The first-order valence-corrected chi connectivity index (χ1v) is 4.99. The highest BCUT2D eigenvalue weighted by atomic mass is 19.4. The Morgan fingerprint density at radius 3 is 2.25 bits per heavy atom. The van der Waals surface area contributed by atoms with Crippen molar-refractivity contribution in [3.63, 3.8) is 0 Å². The van der Waals surface area contributed by atoms with Gasteiger partial charge in [0, 0.05) is 19.5 Å². The van der Waals surface area contributed by atoms with Gasteiger partial charge in [-0.15, -0.1) is 0 Å². The third kappa shape index (κ3) is 7.08. The number of hydrogen-bond acceptors (Lipinski definition) is 2. The maximum atomic E-state index is 11.7. The molecule has 94 valence electrons. The highest BCUT2D eigenvalue weighted by Gasteiger charge is 2.38. The number of halogens is 3. The third-order valence-corrected chi connectivity index (χ3v) is 1.75. The standard InChI is InChI=1S/C9H15F3N2O2/c1-2-3-5-13-7(15)4-6-14-8(16)9(10,11)12/h2-6H2,1H3,(H,13,15)(H,14,16). The average Bonchev–Trinajstić information content (AvgIpc) is 2.16. The minimum Gasteiger partial charge on any atom is -0.356 e. The zero-order chi connectivity index (χ0) is 12.6. The van der Waals surface area contributed by atoms with E-state index in [0.29, 0.717) is 6.54 Å². The fourth-order valence-electron chi connectivity index (χ4n) is 0.883. The summed E-state index contributed by atoms with van der Waals surface area (Å²) in [7, 11) is 0. The van der Waals surface area contributed by atoms with Crippen molar-refractivity contribution in [1.29, 1.82) is 0 Å². The van der Waals surface area contributed by atoms with Crippen molar-refractivity contribution in [3.8, 4) is 0 Å². The zero-order valence-corrected chi connectivity index (χ0v) is 8.99. The predicted octanol–water partition coefficient (Wildman–Crippen LogP) is 0.971. The Morgan fingerprint density at radius 2 is 1.75 bits per heavy atom. The molecule has 4 nitrogen and oxygen atoms in total. The number of carbonyl (C=O) groups is 2. The summed E-state index contributed by atoms with van der Waals surface area (Å²) in [6.45, 7) is 2.15. The van der Waals surface area contributed by atoms with Gasteiger partial charge in [-0.1, -0.05) is 13.3 Å². The molecule has 0 heterocycles. The molecule has 0 aliphatic heterocycles. The van der Waals surface area contributed by atoms with Gasteiger partial charge in [0.2, 0.25) is 5.91 Å². The summed E-state index contributed by atoms with van der Waals surface area (Å²) in [6, 6.07) is 0. The lowest BCUT2D eigenvalue weighted by Gasteiger charge is -2.07. The van der Waals surface area contributed by atoms with E-state index < -0.39 is 12.1 Å². The Morgan fingerprint density at radius 1 is 1.12 bits per heavy atom. The second-order valence-corrected chi connectivity index (χ2v) is 3.21. The van der Waals surface area contributed by atoms with Crippen LogP contribution in [0.2, 0.25) is 0 Å². The first-order valence-electron chi connectivity index (χ1n) is 4.99. The van der Waals surface area contributed by atoms with Crippen LogP contribution in [-0.4, -0.2) is 31.1 Å². The summed E-state index contributed by atoms with van der Waals surface area (Å²) in [4.78, 5) is 21.3. The van der Waals surface area contributed by atoms with Crippen LogP contribution in [0.1, 0.15) is 26.2 Å². The van der Waals surface area contributed by atoms with Gasteiger partial charge in [-0.2, -0.15) is 13.2 Å². The molecule has 0 aromatic carbocycles. The molecule has 0 saturated heterocycles. The summed E-state index contributed by atoms with van der Waals surface area (Å²) >= 11 is 0. The molecule has 0 aliphatic rings. The van der Waals surface area contributed by atoms with E-state index in [1.165, 1.54) is 0 Å². The van der Waals surface area contributed by atoms with Crippen LogP contribution in [0.3, 0.4) is 0 Å². The van der Waals surface area contributed by atoms with Gasteiger partial charge < -0.3 is 10.6 Å². The Labute approximate surface area is 91.6 Å². The summed E-state index contributed by atoms with van der Waals surface area (Å²) < 4.78 is 35.1. The normalized spacial score (nSPS) is 11.0. The Balaban J connectivity index is 3.59. The number of amides is 2. The van der Waals surface area contributed by atoms with Gasteiger partial charge in [-0.25, -0.2) is 0 Å². The molecule has 2 amide bonds. The smallest absolute Gasteiger partial charge is 0.356 e.